The smallest absolute Gasteiger partial charge is 0.321 e. The van der Waals surface area contributed by atoms with Gasteiger partial charge < -0.3 is 11.1 Å². The number of nitrogens with two attached hydrogens (primary N) is 1. The van der Waals surface area contributed by atoms with Gasteiger partial charge in [0.1, 0.15) is 0 Å². The van der Waals surface area contributed by atoms with E-state index in [4.69, 9.17) is 5.73 Å². The summed E-state index contributed by atoms with van der Waals surface area (Å²) in [6.07, 6.45) is 0.258. The summed E-state index contributed by atoms with van der Waals surface area (Å²) >= 11 is 4.81. The van der Waals surface area contributed by atoms with Crippen LogP contribution in [0.2, 0.25) is 0 Å². The van der Waals surface area contributed by atoms with E-state index in [0.717, 1.165) is 9.37 Å². The summed E-state index contributed by atoms with van der Waals surface area (Å²) in [4.78, 5) is 23.1. The van der Waals surface area contributed by atoms with E-state index in [9.17, 15) is 9.59 Å². The highest BCUT2D eigenvalue weighted by Crippen LogP contribution is 2.28. The fourth-order valence-electron chi connectivity index (χ4n) is 1.16. The van der Waals surface area contributed by atoms with Crippen molar-refractivity contribution in [3.63, 3.8) is 0 Å². The van der Waals surface area contributed by atoms with Crippen molar-refractivity contribution < 1.29 is 9.59 Å². The highest BCUT2D eigenvalue weighted by Gasteiger charge is 2.07. The Morgan fingerprint density at radius 2 is 2.17 bits per heavy atom. The van der Waals surface area contributed by atoms with Crippen LogP contribution >= 0.6 is 27.7 Å². The largest absolute Gasteiger partial charge is 0.398 e. The van der Waals surface area contributed by atoms with Crippen LogP contribution in [0.15, 0.2) is 27.6 Å². The number of hydrogen-bond acceptors (Lipinski definition) is 4. The zero-order valence-electron chi connectivity index (χ0n) is 9.83. The topological polar surface area (TPSA) is 84.2 Å². The lowest BCUT2D eigenvalue weighted by molar-refractivity contribution is -0.119. The van der Waals surface area contributed by atoms with Crippen LogP contribution in [0.5, 0.6) is 0 Å². The Morgan fingerprint density at radius 3 is 2.78 bits per heavy atom. The number of imide groups is 1. The molecule has 0 spiro atoms. The predicted molar refractivity (Wildman–Crippen MR) is 76.5 cm³/mol. The molecule has 0 saturated heterocycles. The number of carbonyl (C=O) groups excluding carboxylic acids is 2. The summed E-state index contributed by atoms with van der Waals surface area (Å²) in [6, 6.07) is 5.10. The molecule has 5 nitrogen and oxygen atoms in total. The molecule has 0 aromatic heterocycles. The van der Waals surface area contributed by atoms with E-state index in [1.54, 1.807) is 0 Å². The molecule has 98 valence electrons. The molecule has 0 heterocycles. The van der Waals surface area contributed by atoms with Crippen molar-refractivity contribution in [2.75, 3.05) is 18.5 Å². The van der Waals surface area contributed by atoms with Crippen molar-refractivity contribution in [1.82, 2.24) is 10.6 Å². The van der Waals surface area contributed by atoms with E-state index in [1.165, 1.54) is 18.8 Å². The van der Waals surface area contributed by atoms with E-state index in [2.05, 4.69) is 26.6 Å². The number of nitrogens with one attached hydrogen (secondary N) is 2. The standard InChI is InChI=1S/C11H14BrN3O2S/c1-14-11(17)15-10(16)4-5-18-9-3-2-7(12)6-8(9)13/h2-3,6H,4-5,13H2,1H3,(H2,14,15,16,17). The minimum absolute atomic E-state index is 0.258. The van der Waals surface area contributed by atoms with Gasteiger partial charge in [0.25, 0.3) is 0 Å². The Labute approximate surface area is 118 Å². The van der Waals surface area contributed by atoms with Gasteiger partial charge in [-0.15, -0.1) is 11.8 Å². The summed E-state index contributed by atoms with van der Waals surface area (Å²) in [5, 5.41) is 4.51. The molecule has 0 fully saturated rings. The van der Waals surface area contributed by atoms with Crippen LogP contribution in [-0.2, 0) is 4.79 Å². The molecule has 0 aliphatic rings. The summed E-state index contributed by atoms with van der Waals surface area (Å²) in [5.74, 6) is 0.256. The molecule has 0 bridgehead atoms. The first-order valence-electron chi connectivity index (χ1n) is 5.22. The Kier molecular flexibility index (Phi) is 6.00. The van der Waals surface area contributed by atoms with Gasteiger partial charge in [-0.05, 0) is 18.2 Å². The van der Waals surface area contributed by atoms with Gasteiger partial charge in [0, 0.05) is 34.3 Å². The molecule has 0 aliphatic heterocycles. The Bertz CT molecular complexity index is 454. The third kappa shape index (κ3) is 4.97. The average molecular weight is 332 g/mol. The molecule has 3 amide bonds. The van der Waals surface area contributed by atoms with E-state index in [1.807, 2.05) is 18.2 Å². The average Bonchev–Trinajstić information content (AvgIpc) is 2.31. The van der Waals surface area contributed by atoms with Crippen molar-refractivity contribution >= 4 is 45.3 Å². The SMILES string of the molecule is CNC(=O)NC(=O)CCSc1ccc(Br)cc1N. The molecular formula is C11H14BrN3O2S. The number of halogens is 1. The molecule has 0 atom stereocenters. The zero-order valence-corrected chi connectivity index (χ0v) is 12.2. The lowest BCUT2D eigenvalue weighted by Gasteiger charge is -2.06. The predicted octanol–water partition coefficient (Wildman–Crippen LogP) is 1.97. The molecule has 0 aliphatic carbocycles. The minimum Gasteiger partial charge on any atom is -0.398 e. The Balaban J connectivity index is 2.37. The maximum atomic E-state index is 11.3. The summed E-state index contributed by atoms with van der Waals surface area (Å²) in [6.45, 7) is 0. The second-order valence-electron chi connectivity index (χ2n) is 3.41. The molecule has 7 heteroatoms. The number of amides is 3. The van der Waals surface area contributed by atoms with E-state index < -0.39 is 6.03 Å². The van der Waals surface area contributed by atoms with Gasteiger partial charge in [-0.3, -0.25) is 10.1 Å². The van der Waals surface area contributed by atoms with Crippen LogP contribution in [0, 0.1) is 0 Å². The summed E-state index contributed by atoms with van der Waals surface area (Å²) in [5.41, 5.74) is 6.49. The number of anilines is 1. The number of hydrogen-bond donors (Lipinski definition) is 3. The van der Waals surface area contributed by atoms with E-state index >= 15 is 0 Å². The van der Waals surface area contributed by atoms with Crippen LogP contribution in [0.25, 0.3) is 0 Å². The molecule has 0 saturated carbocycles. The third-order valence-electron chi connectivity index (χ3n) is 2.04. The van der Waals surface area contributed by atoms with E-state index in [0.29, 0.717) is 11.4 Å². The van der Waals surface area contributed by atoms with Gasteiger partial charge in [0.2, 0.25) is 5.91 Å². The minimum atomic E-state index is -0.492. The van der Waals surface area contributed by atoms with Gasteiger partial charge >= 0.3 is 6.03 Å². The fourth-order valence-corrected chi connectivity index (χ4v) is 2.43. The lowest BCUT2D eigenvalue weighted by atomic mass is 10.3. The third-order valence-corrected chi connectivity index (χ3v) is 3.62. The zero-order chi connectivity index (χ0) is 13.5. The van der Waals surface area contributed by atoms with Crippen molar-refractivity contribution in [2.45, 2.75) is 11.3 Å². The van der Waals surface area contributed by atoms with Crippen LogP contribution in [0.4, 0.5) is 10.5 Å². The Hall–Kier alpha value is -1.21. The number of urea groups is 1. The second kappa shape index (κ2) is 7.27. The van der Waals surface area contributed by atoms with Crippen molar-refractivity contribution in [2.24, 2.45) is 0 Å². The van der Waals surface area contributed by atoms with Crippen molar-refractivity contribution in [3.8, 4) is 0 Å². The molecule has 1 aromatic carbocycles. The number of carbonyl (C=O) groups is 2. The molecule has 1 rings (SSSR count). The quantitative estimate of drug-likeness (QED) is 0.581. The van der Waals surface area contributed by atoms with Crippen LogP contribution in [0.3, 0.4) is 0 Å². The van der Waals surface area contributed by atoms with Crippen LogP contribution in [0.1, 0.15) is 6.42 Å². The van der Waals surface area contributed by atoms with Gasteiger partial charge in [0.05, 0.1) is 0 Å². The van der Waals surface area contributed by atoms with Crippen LogP contribution in [-0.4, -0.2) is 24.7 Å². The molecule has 0 unspecified atom stereocenters. The molecule has 4 N–H and O–H groups in total. The van der Waals surface area contributed by atoms with Crippen molar-refractivity contribution in [3.05, 3.63) is 22.7 Å². The monoisotopic (exact) mass is 331 g/mol. The fraction of sp³-hybridized carbons (Fsp3) is 0.273. The number of thioether (sulfide) groups is 1. The summed E-state index contributed by atoms with van der Waals surface area (Å²) < 4.78 is 0.918. The van der Waals surface area contributed by atoms with Gasteiger partial charge in [0.15, 0.2) is 0 Å². The maximum absolute atomic E-state index is 11.3. The normalized spacial score (nSPS) is 9.89. The highest BCUT2D eigenvalue weighted by molar-refractivity contribution is 9.10. The first-order valence-corrected chi connectivity index (χ1v) is 7.00. The summed E-state index contributed by atoms with van der Waals surface area (Å²) in [7, 11) is 1.46. The van der Waals surface area contributed by atoms with Gasteiger partial charge in [-0.25, -0.2) is 4.79 Å². The van der Waals surface area contributed by atoms with Crippen molar-refractivity contribution in [1.29, 1.82) is 0 Å². The maximum Gasteiger partial charge on any atom is 0.321 e. The first kappa shape index (κ1) is 14.8. The molecule has 0 radical (unpaired) electrons. The molecular weight excluding hydrogens is 318 g/mol. The lowest BCUT2D eigenvalue weighted by Crippen LogP contribution is -2.37. The number of benzene rings is 1. The molecule has 18 heavy (non-hydrogen) atoms. The number of rotatable bonds is 4. The highest BCUT2D eigenvalue weighted by atomic mass is 79.9. The first-order chi connectivity index (χ1) is 8.52. The number of nitrogen functional groups attached to an aromatic ring is 1. The van der Waals surface area contributed by atoms with Gasteiger partial charge in [-0.1, -0.05) is 15.9 Å². The van der Waals surface area contributed by atoms with Crippen LogP contribution < -0.4 is 16.4 Å². The van der Waals surface area contributed by atoms with E-state index in [-0.39, 0.29) is 12.3 Å². The second-order valence-corrected chi connectivity index (χ2v) is 5.46. The Morgan fingerprint density at radius 1 is 1.44 bits per heavy atom. The van der Waals surface area contributed by atoms with Gasteiger partial charge in [-0.2, -0.15) is 0 Å². The molecule has 1 aromatic rings.